The van der Waals surface area contributed by atoms with Crippen molar-refractivity contribution >= 4 is 40.8 Å². The Bertz CT molecular complexity index is 1110. The minimum absolute atomic E-state index is 0.0561. The van der Waals surface area contributed by atoms with Gasteiger partial charge in [0, 0.05) is 17.2 Å². The number of hydrogen-bond donors (Lipinski definition) is 2. The first-order valence-electron chi connectivity index (χ1n) is 8.83. The summed E-state index contributed by atoms with van der Waals surface area (Å²) in [6.07, 6.45) is 1.37. The third-order valence-electron chi connectivity index (χ3n) is 3.95. The van der Waals surface area contributed by atoms with E-state index in [4.69, 9.17) is 37.4 Å². The van der Waals surface area contributed by atoms with Crippen LogP contribution in [0.5, 0.6) is 23.1 Å². The topological polar surface area (TPSA) is 98.8 Å². The van der Waals surface area contributed by atoms with E-state index in [1.807, 2.05) is 0 Å². The molecule has 0 unspecified atom stereocenters. The number of halogens is 2. The van der Waals surface area contributed by atoms with Crippen molar-refractivity contribution in [3.8, 4) is 23.1 Å². The third kappa shape index (κ3) is 5.78. The van der Waals surface area contributed by atoms with E-state index in [9.17, 15) is 9.59 Å². The van der Waals surface area contributed by atoms with Gasteiger partial charge in [-0.25, -0.2) is 9.78 Å². The largest absolute Gasteiger partial charge is 0.497 e. The number of imide groups is 1. The second-order valence-corrected chi connectivity index (χ2v) is 6.88. The Morgan fingerprint density at radius 3 is 2.42 bits per heavy atom. The molecule has 0 atom stereocenters. The summed E-state index contributed by atoms with van der Waals surface area (Å²) in [5.74, 6) is 0.792. The minimum Gasteiger partial charge on any atom is -0.497 e. The summed E-state index contributed by atoms with van der Waals surface area (Å²) in [5, 5.41) is 5.30. The van der Waals surface area contributed by atoms with Crippen LogP contribution in [-0.2, 0) is 0 Å². The van der Waals surface area contributed by atoms with Crippen molar-refractivity contribution in [2.75, 3.05) is 19.5 Å². The van der Waals surface area contributed by atoms with Crippen molar-refractivity contribution in [2.45, 2.75) is 0 Å². The monoisotopic (exact) mass is 461 g/mol. The van der Waals surface area contributed by atoms with Crippen molar-refractivity contribution in [1.29, 1.82) is 0 Å². The zero-order valence-electron chi connectivity index (χ0n) is 16.4. The molecule has 0 aliphatic carbocycles. The second-order valence-electron chi connectivity index (χ2n) is 6.04. The predicted octanol–water partition coefficient (Wildman–Crippen LogP) is 5.16. The Morgan fingerprint density at radius 1 is 0.968 bits per heavy atom. The number of rotatable bonds is 6. The summed E-state index contributed by atoms with van der Waals surface area (Å²) in [6, 6.07) is 12.0. The van der Waals surface area contributed by atoms with Gasteiger partial charge in [0.15, 0.2) is 0 Å². The fourth-order valence-electron chi connectivity index (χ4n) is 2.57. The number of hydrogen-bond acceptors (Lipinski definition) is 6. The Labute approximate surface area is 188 Å². The lowest BCUT2D eigenvalue weighted by Gasteiger charge is -2.11. The molecule has 0 bridgehead atoms. The summed E-state index contributed by atoms with van der Waals surface area (Å²) < 4.78 is 15.9. The van der Waals surface area contributed by atoms with Gasteiger partial charge in [-0.3, -0.25) is 10.1 Å². The summed E-state index contributed by atoms with van der Waals surface area (Å²) in [5.41, 5.74) is 0.396. The summed E-state index contributed by atoms with van der Waals surface area (Å²) in [4.78, 5) is 28.7. The van der Waals surface area contributed by atoms with Crippen molar-refractivity contribution in [1.82, 2.24) is 10.3 Å². The smallest absolute Gasteiger partial charge is 0.326 e. The minimum atomic E-state index is -0.762. The fraction of sp³-hybridized carbons (Fsp3) is 0.0952. The highest BCUT2D eigenvalue weighted by Crippen LogP contribution is 2.29. The molecule has 8 nitrogen and oxygen atoms in total. The van der Waals surface area contributed by atoms with Crippen LogP contribution < -0.4 is 24.8 Å². The molecular formula is C21H17Cl2N3O5. The number of anilines is 1. The number of benzene rings is 2. The lowest BCUT2D eigenvalue weighted by atomic mass is 10.2. The molecule has 0 saturated carbocycles. The van der Waals surface area contributed by atoms with Crippen LogP contribution in [-0.4, -0.2) is 31.1 Å². The van der Waals surface area contributed by atoms with Crippen molar-refractivity contribution in [2.24, 2.45) is 0 Å². The fourth-order valence-corrected chi connectivity index (χ4v) is 3.04. The van der Waals surface area contributed by atoms with Crippen molar-refractivity contribution in [3.05, 3.63) is 70.3 Å². The Hall–Kier alpha value is -3.49. The molecule has 1 heterocycles. The van der Waals surface area contributed by atoms with Crippen molar-refractivity contribution in [3.63, 3.8) is 0 Å². The summed E-state index contributed by atoms with van der Waals surface area (Å²) >= 11 is 12.1. The molecule has 0 aliphatic rings. The number of methoxy groups -OCH3 is 2. The van der Waals surface area contributed by atoms with Gasteiger partial charge in [0.2, 0.25) is 5.88 Å². The molecule has 3 rings (SSSR count). The molecule has 31 heavy (non-hydrogen) atoms. The highest BCUT2D eigenvalue weighted by molar-refractivity contribution is 6.34. The number of nitrogens with zero attached hydrogens (tertiary/aromatic N) is 1. The third-order valence-corrected chi connectivity index (χ3v) is 4.48. The van der Waals surface area contributed by atoms with Gasteiger partial charge in [0.25, 0.3) is 5.91 Å². The molecule has 3 amide bonds. The molecular weight excluding hydrogens is 445 g/mol. The quantitative estimate of drug-likeness (QED) is 0.525. The summed E-state index contributed by atoms with van der Waals surface area (Å²) in [6.45, 7) is 0. The van der Waals surface area contributed by atoms with E-state index >= 15 is 0 Å². The maximum absolute atomic E-state index is 12.4. The standard InChI is InChI=1S/C21H17Cl2N3O5/c1-29-14-8-12(22)9-15(10-14)31-18-7-6-13(11-24-18)25-21(28)26-20(27)19-16(23)4-3-5-17(19)30-2/h3-11H,1-2H3,(H2,25,26,27,28). The average molecular weight is 462 g/mol. The lowest BCUT2D eigenvalue weighted by molar-refractivity contribution is 0.0964. The van der Waals surface area contributed by atoms with Gasteiger partial charge in [0.1, 0.15) is 22.8 Å². The van der Waals surface area contributed by atoms with Gasteiger partial charge in [-0.2, -0.15) is 0 Å². The van der Waals surface area contributed by atoms with Crippen LogP contribution in [0.3, 0.4) is 0 Å². The molecule has 1 aromatic heterocycles. The van der Waals surface area contributed by atoms with Crippen LogP contribution in [0.4, 0.5) is 10.5 Å². The second kappa shape index (κ2) is 10.0. The van der Waals surface area contributed by atoms with Crippen LogP contribution in [0.25, 0.3) is 0 Å². The lowest BCUT2D eigenvalue weighted by Crippen LogP contribution is -2.34. The highest BCUT2D eigenvalue weighted by atomic mass is 35.5. The number of aromatic nitrogens is 1. The number of amides is 3. The molecule has 3 aromatic rings. The van der Waals surface area contributed by atoms with E-state index in [0.717, 1.165) is 0 Å². The highest BCUT2D eigenvalue weighted by Gasteiger charge is 2.18. The van der Waals surface area contributed by atoms with E-state index in [0.29, 0.717) is 22.2 Å². The van der Waals surface area contributed by atoms with Gasteiger partial charge in [-0.05, 0) is 30.3 Å². The van der Waals surface area contributed by atoms with Crippen LogP contribution in [0.2, 0.25) is 10.0 Å². The van der Waals surface area contributed by atoms with Gasteiger partial charge in [-0.15, -0.1) is 0 Å². The molecule has 0 saturated heterocycles. The molecule has 0 fully saturated rings. The first-order valence-corrected chi connectivity index (χ1v) is 9.58. The maximum atomic E-state index is 12.4. The first-order chi connectivity index (χ1) is 14.9. The number of pyridine rings is 1. The number of urea groups is 1. The Kier molecular flexibility index (Phi) is 7.17. The number of nitrogens with one attached hydrogen (secondary N) is 2. The number of carbonyl (C=O) groups excluding carboxylic acids is 2. The zero-order valence-corrected chi connectivity index (χ0v) is 18.0. The molecule has 2 N–H and O–H groups in total. The molecule has 0 spiro atoms. The van der Waals surface area contributed by atoms with Gasteiger partial charge >= 0.3 is 6.03 Å². The van der Waals surface area contributed by atoms with E-state index < -0.39 is 11.9 Å². The van der Waals surface area contributed by atoms with Gasteiger partial charge in [-0.1, -0.05) is 29.3 Å². The van der Waals surface area contributed by atoms with Crippen LogP contribution >= 0.6 is 23.2 Å². The molecule has 160 valence electrons. The Morgan fingerprint density at radius 2 is 1.74 bits per heavy atom. The molecule has 2 aromatic carbocycles. The van der Waals surface area contributed by atoms with Crippen LogP contribution in [0, 0.1) is 0 Å². The first kappa shape index (κ1) is 22.2. The van der Waals surface area contributed by atoms with E-state index in [-0.39, 0.29) is 22.2 Å². The molecule has 0 radical (unpaired) electrons. The van der Waals surface area contributed by atoms with Crippen LogP contribution in [0.1, 0.15) is 10.4 Å². The zero-order chi connectivity index (χ0) is 22.4. The van der Waals surface area contributed by atoms with Gasteiger partial charge < -0.3 is 19.5 Å². The maximum Gasteiger partial charge on any atom is 0.326 e. The van der Waals surface area contributed by atoms with E-state index in [2.05, 4.69) is 15.6 Å². The average Bonchev–Trinajstić information content (AvgIpc) is 2.74. The van der Waals surface area contributed by atoms with E-state index in [1.54, 1.807) is 42.5 Å². The predicted molar refractivity (Wildman–Crippen MR) is 117 cm³/mol. The van der Waals surface area contributed by atoms with Crippen LogP contribution in [0.15, 0.2) is 54.7 Å². The number of carbonyl (C=O) groups is 2. The van der Waals surface area contributed by atoms with Gasteiger partial charge in [0.05, 0.1) is 31.1 Å². The van der Waals surface area contributed by atoms with Crippen molar-refractivity contribution < 1.29 is 23.8 Å². The number of ether oxygens (including phenoxy) is 3. The van der Waals surface area contributed by atoms with E-state index in [1.165, 1.54) is 26.5 Å². The SMILES string of the molecule is COc1cc(Cl)cc(Oc2ccc(NC(=O)NC(=O)c3c(Cl)cccc3OC)cn2)c1. The molecule has 10 heteroatoms. The normalized spacial score (nSPS) is 10.2. The Balaban J connectivity index is 1.63. The molecule has 0 aliphatic heterocycles. The summed E-state index contributed by atoms with van der Waals surface area (Å²) in [7, 11) is 2.92.